The van der Waals surface area contributed by atoms with E-state index in [1.807, 2.05) is 12.1 Å². The van der Waals surface area contributed by atoms with Gasteiger partial charge in [0.15, 0.2) is 0 Å². The molecule has 1 rings (SSSR count). The number of para-hydroxylation sites is 1. The summed E-state index contributed by atoms with van der Waals surface area (Å²) in [6.45, 7) is 2.72. The number of rotatable bonds is 3. The van der Waals surface area contributed by atoms with Crippen LogP contribution in [0.15, 0.2) is 18.2 Å². The molecule has 1 atom stereocenters. The van der Waals surface area contributed by atoms with E-state index in [4.69, 9.17) is 16.2 Å². The molecule has 0 aliphatic carbocycles. The summed E-state index contributed by atoms with van der Waals surface area (Å²) in [7, 11) is 1.68. The molecule has 4 N–H and O–H groups in total. The van der Waals surface area contributed by atoms with Gasteiger partial charge in [-0.25, -0.2) is 0 Å². The van der Waals surface area contributed by atoms with Gasteiger partial charge in [0.1, 0.15) is 0 Å². The lowest BCUT2D eigenvalue weighted by Crippen LogP contribution is -2.07. The Kier molecular flexibility index (Phi) is 3.14. The van der Waals surface area contributed by atoms with Gasteiger partial charge in [0.05, 0.1) is 18.0 Å². The van der Waals surface area contributed by atoms with E-state index < -0.39 is 0 Å². The standard InChI is InChI=1S/C10H16N2O/c1-7(6-13-2)8-4-3-5-9(11)10(8)12/h3-5,7H,6,11-12H2,1-2H3. The molecule has 0 amide bonds. The van der Waals surface area contributed by atoms with Crippen molar-refractivity contribution in [1.29, 1.82) is 0 Å². The fraction of sp³-hybridized carbons (Fsp3) is 0.400. The SMILES string of the molecule is COCC(C)c1cccc(N)c1N. The molecule has 13 heavy (non-hydrogen) atoms. The van der Waals surface area contributed by atoms with E-state index in [1.54, 1.807) is 13.2 Å². The Morgan fingerprint density at radius 2 is 2.08 bits per heavy atom. The van der Waals surface area contributed by atoms with Gasteiger partial charge in [0, 0.05) is 13.0 Å². The van der Waals surface area contributed by atoms with Crippen molar-refractivity contribution in [1.82, 2.24) is 0 Å². The number of methoxy groups -OCH3 is 1. The van der Waals surface area contributed by atoms with Crippen molar-refractivity contribution in [3.63, 3.8) is 0 Å². The predicted molar refractivity (Wildman–Crippen MR) is 55.6 cm³/mol. The number of anilines is 2. The van der Waals surface area contributed by atoms with Crippen molar-refractivity contribution < 1.29 is 4.74 Å². The first-order valence-corrected chi connectivity index (χ1v) is 4.29. The second-order valence-corrected chi connectivity index (χ2v) is 3.21. The highest BCUT2D eigenvalue weighted by atomic mass is 16.5. The minimum absolute atomic E-state index is 0.286. The molecular weight excluding hydrogens is 164 g/mol. The van der Waals surface area contributed by atoms with E-state index >= 15 is 0 Å². The Hall–Kier alpha value is -1.22. The quantitative estimate of drug-likeness (QED) is 0.694. The van der Waals surface area contributed by atoms with Crippen molar-refractivity contribution in [2.75, 3.05) is 25.2 Å². The van der Waals surface area contributed by atoms with E-state index in [2.05, 4.69) is 6.92 Å². The third-order valence-electron chi connectivity index (χ3n) is 2.12. The maximum Gasteiger partial charge on any atom is 0.0583 e. The monoisotopic (exact) mass is 180 g/mol. The van der Waals surface area contributed by atoms with E-state index in [9.17, 15) is 0 Å². The first-order chi connectivity index (χ1) is 6.16. The van der Waals surface area contributed by atoms with Crippen LogP contribution in [0.2, 0.25) is 0 Å². The third kappa shape index (κ3) is 2.12. The van der Waals surface area contributed by atoms with Crippen LogP contribution in [0.25, 0.3) is 0 Å². The Morgan fingerprint density at radius 1 is 1.38 bits per heavy atom. The molecule has 0 aliphatic heterocycles. The molecule has 0 aromatic heterocycles. The Morgan fingerprint density at radius 3 is 2.69 bits per heavy atom. The van der Waals surface area contributed by atoms with Crippen LogP contribution in [0.1, 0.15) is 18.4 Å². The van der Waals surface area contributed by atoms with Gasteiger partial charge in [0.2, 0.25) is 0 Å². The van der Waals surface area contributed by atoms with Crippen molar-refractivity contribution in [3.05, 3.63) is 23.8 Å². The van der Waals surface area contributed by atoms with Crippen LogP contribution in [-0.4, -0.2) is 13.7 Å². The summed E-state index contributed by atoms with van der Waals surface area (Å²) in [4.78, 5) is 0. The Labute approximate surface area is 78.7 Å². The second kappa shape index (κ2) is 4.14. The van der Waals surface area contributed by atoms with Crippen molar-refractivity contribution in [3.8, 4) is 0 Å². The van der Waals surface area contributed by atoms with Gasteiger partial charge in [-0.2, -0.15) is 0 Å². The fourth-order valence-electron chi connectivity index (χ4n) is 1.37. The van der Waals surface area contributed by atoms with Gasteiger partial charge in [0.25, 0.3) is 0 Å². The number of ether oxygens (including phenoxy) is 1. The van der Waals surface area contributed by atoms with Crippen molar-refractivity contribution in [2.24, 2.45) is 0 Å². The molecule has 1 unspecified atom stereocenters. The van der Waals surface area contributed by atoms with Crippen LogP contribution in [0.5, 0.6) is 0 Å². The summed E-state index contributed by atoms with van der Waals surface area (Å²) in [6, 6.07) is 5.70. The van der Waals surface area contributed by atoms with Crippen molar-refractivity contribution in [2.45, 2.75) is 12.8 Å². The maximum atomic E-state index is 5.83. The largest absolute Gasteiger partial charge is 0.397 e. The summed E-state index contributed by atoms with van der Waals surface area (Å²) in [6.07, 6.45) is 0. The van der Waals surface area contributed by atoms with Crippen LogP contribution in [0, 0.1) is 0 Å². The molecule has 0 saturated heterocycles. The molecule has 3 heteroatoms. The highest BCUT2D eigenvalue weighted by Crippen LogP contribution is 2.26. The Bertz CT molecular complexity index is 286. The smallest absolute Gasteiger partial charge is 0.0583 e. The van der Waals surface area contributed by atoms with Gasteiger partial charge < -0.3 is 16.2 Å². The minimum Gasteiger partial charge on any atom is -0.397 e. The molecule has 0 saturated carbocycles. The zero-order valence-corrected chi connectivity index (χ0v) is 8.08. The molecule has 0 fully saturated rings. The number of hydrogen-bond acceptors (Lipinski definition) is 3. The summed E-state index contributed by atoms with van der Waals surface area (Å²) < 4.78 is 5.06. The average Bonchev–Trinajstić information content (AvgIpc) is 2.10. The number of hydrogen-bond donors (Lipinski definition) is 2. The van der Waals surface area contributed by atoms with E-state index in [-0.39, 0.29) is 5.92 Å². The normalized spacial score (nSPS) is 12.8. The average molecular weight is 180 g/mol. The zero-order valence-electron chi connectivity index (χ0n) is 8.08. The van der Waals surface area contributed by atoms with Gasteiger partial charge >= 0.3 is 0 Å². The number of benzene rings is 1. The van der Waals surface area contributed by atoms with Crippen molar-refractivity contribution >= 4 is 11.4 Å². The second-order valence-electron chi connectivity index (χ2n) is 3.21. The summed E-state index contributed by atoms with van der Waals surface area (Å²) in [5, 5.41) is 0. The van der Waals surface area contributed by atoms with Gasteiger partial charge in [-0.15, -0.1) is 0 Å². The molecule has 0 spiro atoms. The van der Waals surface area contributed by atoms with E-state index in [0.29, 0.717) is 18.0 Å². The third-order valence-corrected chi connectivity index (χ3v) is 2.12. The van der Waals surface area contributed by atoms with Crippen LogP contribution >= 0.6 is 0 Å². The molecule has 0 bridgehead atoms. The molecule has 0 aliphatic rings. The zero-order chi connectivity index (χ0) is 9.84. The summed E-state index contributed by atoms with van der Waals surface area (Å²) >= 11 is 0. The first-order valence-electron chi connectivity index (χ1n) is 4.29. The lowest BCUT2D eigenvalue weighted by Gasteiger charge is -2.14. The maximum absolute atomic E-state index is 5.83. The predicted octanol–water partition coefficient (Wildman–Crippen LogP) is 1.60. The van der Waals surface area contributed by atoms with Crippen LogP contribution in [0.4, 0.5) is 11.4 Å². The molecule has 0 heterocycles. The molecule has 0 radical (unpaired) electrons. The topological polar surface area (TPSA) is 61.3 Å². The van der Waals surface area contributed by atoms with Crippen LogP contribution in [-0.2, 0) is 4.74 Å². The van der Waals surface area contributed by atoms with Gasteiger partial charge in [-0.3, -0.25) is 0 Å². The molecular formula is C10H16N2O. The van der Waals surface area contributed by atoms with Crippen LogP contribution in [0.3, 0.4) is 0 Å². The minimum atomic E-state index is 0.286. The molecule has 3 nitrogen and oxygen atoms in total. The lowest BCUT2D eigenvalue weighted by atomic mass is 9.99. The molecule has 1 aromatic rings. The highest BCUT2D eigenvalue weighted by Gasteiger charge is 2.09. The fourth-order valence-corrected chi connectivity index (χ4v) is 1.37. The molecule has 1 aromatic carbocycles. The lowest BCUT2D eigenvalue weighted by molar-refractivity contribution is 0.184. The van der Waals surface area contributed by atoms with E-state index in [1.165, 1.54) is 0 Å². The number of nitrogen functional groups attached to an aromatic ring is 2. The summed E-state index contributed by atoms with van der Waals surface area (Å²) in [5.74, 6) is 0.286. The number of nitrogens with two attached hydrogens (primary N) is 2. The highest BCUT2D eigenvalue weighted by molar-refractivity contribution is 5.67. The van der Waals surface area contributed by atoms with Gasteiger partial charge in [-0.1, -0.05) is 19.1 Å². The van der Waals surface area contributed by atoms with Gasteiger partial charge in [-0.05, 0) is 11.6 Å². The molecule has 72 valence electrons. The summed E-state index contributed by atoms with van der Waals surface area (Å²) in [5.41, 5.74) is 13.9. The van der Waals surface area contributed by atoms with Crippen LogP contribution < -0.4 is 11.5 Å². The first kappa shape index (κ1) is 9.86. The Balaban J connectivity index is 2.93. The van der Waals surface area contributed by atoms with E-state index in [0.717, 1.165) is 5.56 Å².